The molecule has 2 aromatic carbocycles. The number of ketones is 1. The van der Waals surface area contributed by atoms with E-state index in [1.54, 1.807) is 60.7 Å². The zero-order chi connectivity index (χ0) is 23.5. The van der Waals surface area contributed by atoms with Crippen LogP contribution >= 0.6 is 0 Å². The molecule has 3 aromatic rings. The van der Waals surface area contributed by atoms with E-state index in [9.17, 15) is 14.7 Å². The van der Waals surface area contributed by atoms with Crippen LogP contribution in [0.2, 0.25) is 0 Å². The average Bonchev–Trinajstić information content (AvgIpc) is 3.44. The van der Waals surface area contributed by atoms with E-state index in [0.29, 0.717) is 40.8 Å². The standard InChI is InChI=1S/C26H22N2O5/c1-16(2)15-33-20-6-3-5-18(13-20)24(29)22-23(21-7-4-12-32-21)28(26(31)25(22)30)19-10-8-17(14-27)9-11-19/h3-13,16,23,29H,15H2,1-2H3/b24-22-. The molecule has 1 amide bonds. The van der Waals surface area contributed by atoms with Crippen molar-refractivity contribution in [3.63, 3.8) is 0 Å². The minimum Gasteiger partial charge on any atom is -0.507 e. The van der Waals surface area contributed by atoms with Gasteiger partial charge >= 0.3 is 0 Å². The second-order valence-electron chi connectivity index (χ2n) is 8.08. The fourth-order valence-corrected chi connectivity index (χ4v) is 3.66. The van der Waals surface area contributed by atoms with Gasteiger partial charge in [-0.05, 0) is 54.4 Å². The number of nitrogens with zero attached hydrogens (tertiary/aromatic N) is 2. The van der Waals surface area contributed by atoms with Gasteiger partial charge in [-0.3, -0.25) is 14.5 Å². The zero-order valence-corrected chi connectivity index (χ0v) is 18.2. The van der Waals surface area contributed by atoms with Crippen LogP contribution in [-0.4, -0.2) is 23.4 Å². The molecular formula is C26H22N2O5. The number of Topliss-reactive ketones (excluding diaryl/α,β-unsaturated/α-hetero) is 1. The van der Waals surface area contributed by atoms with Gasteiger partial charge in [0.25, 0.3) is 11.7 Å². The van der Waals surface area contributed by atoms with Crippen LogP contribution in [-0.2, 0) is 9.59 Å². The largest absolute Gasteiger partial charge is 0.507 e. The Morgan fingerprint density at radius 2 is 1.91 bits per heavy atom. The van der Waals surface area contributed by atoms with Crippen LogP contribution in [0, 0.1) is 17.2 Å². The highest BCUT2D eigenvalue weighted by molar-refractivity contribution is 6.51. The molecular weight excluding hydrogens is 420 g/mol. The highest BCUT2D eigenvalue weighted by Crippen LogP contribution is 2.42. The first kappa shape index (κ1) is 21.9. The Morgan fingerprint density at radius 3 is 2.55 bits per heavy atom. The van der Waals surface area contributed by atoms with Crippen molar-refractivity contribution in [3.05, 3.63) is 89.4 Å². The quantitative estimate of drug-likeness (QED) is 0.334. The van der Waals surface area contributed by atoms with Gasteiger partial charge in [-0.2, -0.15) is 5.26 Å². The Balaban J connectivity index is 1.82. The molecule has 7 heteroatoms. The number of carbonyl (C=O) groups excluding carboxylic acids is 2. The van der Waals surface area contributed by atoms with Gasteiger partial charge < -0.3 is 14.3 Å². The van der Waals surface area contributed by atoms with Gasteiger partial charge in [0.15, 0.2) is 0 Å². The van der Waals surface area contributed by atoms with Crippen LogP contribution in [0.15, 0.2) is 76.9 Å². The SMILES string of the molecule is CC(C)COc1cccc(/C(O)=C2/C(=O)C(=O)N(c3ccc(C#N)cc3)C2c2ccco2)c1. The van der Waals surface area contributed by atoms with Gasteiger partial charge in [-0.25, -0.2) is 0 Å². The predicted molar refractivity (Wildman–Crippen MR) is 121 cm³/mol. The van der Waals surface area contributed by atoms with Gasteiger partial charge in [-0.15, -0.1) is 0 Å². The first-order valence-electron chi connectivity index (χ1n) is 10.5. The Bertz CT molecular complexity index is 1250. The highest BCUT2D eigenvalue weighted by atomic mass is 16.5. The monoisotopic (exact) mass is 442 g/mol. The van der Waals surface area contributed by atoms with Gasteiger partial charge in [0.2, 0.25) is 0 Å². The topological polar surface area (TPSA) is 104 Å². The van der Waals surface area contributed by atoms with Crippen LogP contribution in [0.5, 0.6) is 5.75 Å². The second kappa shape index (κ2) is 9.05. The van der Waals surface area contributed by atoms with Crippen molar-refractivity contribution in [2.45, 2.75) is 19.9 Å². The van der Waals surface area contributed by atoms with E-state index in [1.807, 2.05) is 19.9 Å². The number of benzene rings is 2. The van der Waals surface area contributed by atoms with Crippen LogP contribution < -0.4 is 9.64 Å². The Kier molecular flexibility index (Phi) is 6.01. The van der Waals surface area contributed by atoms with E-state index in [4.69, 9.17) is 14.4 Å². The summed E-state index contributed by atoms with van der Waals surface area (Å²) in [5.74, 6) is -0.752. The molecule has 0 aliphatic carbocycles. The Morgan fingerprint density at radius 1 is 1.15 bits per heavy atom. The summed E-state index contributed by atoms with van der Waals surface area (Å²) in [6.45, 7) is 4.55. The van der Waals surface area contributed by atoms with Gasteiger partial charge in [0, 0.05) is 11.3 Å². The summed E-state index contributed by atoms with van der Waals surface area (Å²) >= 11 is 0. The third kappa shape index (κ3) is 4.23. The summed E-state index contributed by atoms with van der Waals surface area (Å²) in [6, 6.07) is 17.4. The van der Waals surface area contributed by atoms with Crippen molar-refractivity contribution in [2.24, 2.45) is 5.92 Å². The molecule has 4 rings (SSSR count). The van der Waals surface area contributed by atoms with Crippen LogP contribution in [0.3, 0.4) is 0 Å². The lowest BCUT2D eigenvalue weighted by molar-refractivity contribution is -0.132. The molecule has 0 spiro atoms. The molecule has 1 fully saturated rings. The van der Waals surface area contributed by atoms with E-state index in [0.717, 1.165) is 0 Å². The van der Waals surface area contributed by atoms with Crippen molar-refractivity contribution in [1.82, 2.24) is 0 Å². The molecule has 1 aliphatic rings. The summed E-state index contributed by atoms with van der Waals surface area (Å²) in [7, 11) is 0. The molecule has 1 N–H and O–H groups in total. The number of nitriles is 1. The molecule has 0 saturated carbocycles. The summed E-state index contributed by atoms with van der Waals surface area (Å²) < 4.78 is 11.3. The predicted octanol–water partition coefficient (Wildman–Crippen LogP) is 4.81. The molecule has 0 bridgehead atoms. The number of furan rings is 1. The van der Waals surface area contributed by atoms with Crippen LogP contribution in [0.25, 0.3) is 5.76 Å². The normalized spacial score (nSPS) is 17.4. The zero-order valence-electron chi connectivity index (χ0n) is 18.2. The molecule has 2 heterocycles. The number of aliphatic hydroxyl groups excluding tert-OH is 1. The molecule has 1 unspecified atom stereocenters. The number of aliphatic hydroxyl groups is 1. The van der Waals surface area contributed by atoms with Crippen molar-refractivity contribution in [3.8, 4) is 11.8 Å². The lowest BCUT2D eigenvalue weighted by Gasteiger charge is -2.23. The summed E-state index contributed by atoms with van der Waals surface area (Å²) in [6.07, 6.45) is 1.44. The maximum atomic E-state index is 13.1. The Labute approximate surface area is 191 Å². The number of ether oxygens (including phenoxy) is 1. The lowest BCUT2D eigenvalue weighted by atomic mass is 9.99. The molecule has 166 valence electrons. The van der Waals surface area contributed by atoms with E-state index in [2.05, 4.69) is 0 Å². The minimum absolute atomic E-state index is 0.0830. The van der Waals surface area contributed by atoms with Gasteiger partial charge in [-0.1, -0.05) is 26.0 Å². The molecule has 33 heavy (non-hydrogen) atoms. The van der Waals surface area contributed by atoms with Gasteiger partial charge in [0.1, 0.15) is 23.3 Å². The number of anilines is 1. The van der Waals surface area contributed by atoms with Crippen molar-refractivity contribution < 1.29 is 23.8 Å². The first-order chi connectivity index (χ1) is 15.9. The maximum absolute atomic E-state index is 13.1. The van der Waals surface area contributed by atoms with Crippen molar-refractivity contribution in [1.29, 1.82) is 5.26 Å². The summed E-state index contributed by atoms with van der Waals surface area (Å²) in [5.41, 5.74) is 1.10. The third-order valence-electron chi connectivity index (χ3n) is 5.22. The first-order valence-corrected chi connectivity index (χ1v) is 10.5. The van der Waals surface area contributed by atoms with Gasteiger partial charge in [0.05, 0.1) is 30.1 Å². The number of amides is 1. The third-order valence-corrected chi connectivity index (χ3v) is 5.22. The smallest absolute Gasteiger partial charge is 0.300 e. The van der Waals surface area contributed by atoms with Crippen LogP contribution in [0.1, 0.15) is 36.8 Å². The number of rotatable bonds is 6. The number of carbonyl (C=O) groups is 2. The lowest BCUT2D eigenvalue weighted by Crippen LogP contribution is -2.29. The molecule has 7 nitrogen and oxygen atoms in total. The maximum Gasteiger partial charge on any atom is 0.300 e. The molecule has 1 aliphatic heterocycles. The van der Waals surface area contributed by atoms with E-state index >= 15 is 0 Å². The fraction of sp³-hybridized carbons (Fsp3) is 0.192. The second-order valence-corrected chi connectivity index (χ2v) is 8.08. The molecule has 1 atom stereocenters. The average molecular weight is 442 g/mol. The fourth-order valence-electron chi connectivity index (χ4n) is 3.66. The van der Waals surface area contributed by atoms with Crippen molar-refractivity contribution in [2.75, 3.05) is 11.5 Å². The molecule has 1 aromatic heterocycles. The minimum atomic E-state index is -0.965. The summed E-state index contributed by atoms with van der Waals surface area (Å²) in [5, 5.41) is 20.2. The molecule has 0 radical (unpaired) electrons. The Hall–Kier alpha value is -4.31. The highest BCUT2D eigenvalue weighted by Gasteiger charge is 2.48. The van der Waals surface area contributed by atoms with Crippen molar-refractivity contribution >= 4 is 23.1 Å². The van der Waals surface area contributed by atoms with E-state index in [1.165, 1.54) is 11.2 Å². The number of hydrogen-bond acceptors (Lipinski definition) is 6. The summed E-state index contributed by atoms with van der Waals surface area (Å²) in [4.78, 5) is 27.4. The van der Waals surface area contributed by atoms with Crippen LogP contribution in [0.4, 0.5) is 5.69 Å². The van der Waals surface area contributed by atoms with E-state index in [-0.39, 0.29) is 11.3 Å². The number of hydrogen-bond donors (Lipinski definition) is 1. The van der Waals surface area contributed by atoms with E-state index < -0.39 is 17.7 Å². The molecule has 1 saturated heterocycles.